The summed E-state index contributed by atoms with van der Waals surface area (Å²) in [5.41, 5.74) is 1.49. The third kappa shape index (κ3) is 6.12. The molecule has 31 heavy (non-hydrogen) atoms. The second-order valence-corrected chi connectivity index (χ2v) is 9.44. The minimum absolute atomic E-state index is 0.174. The topological polar surface area (TPSA) is 72.9 Å². The van der Waals surface area contributed by atoms with E-state index in [4.69, 9.17) is 21.1 Å². The van der Waals surface area contributed by atoms with E-state index < -0.39 is 5.97 Å². The molecule has 0 aromatic heterocycles. The van der Waals surface area contributed by atoms with E-state index in [9.17, 15) is 14.4 Å². The van der Waals surface area contributed by atoms with Crippen molar-refractivity contribution in [2.45, 2.75) is 13.5 Å². The summed E-state index contributed by atoms with van der Waals surface area (Å²) in [6, 6.07) is 10.5. The number of benzene rings is 2. The molecule has 0 atom stereocenters. The zero-order chi connectivity index (χ0) is 22.5. The van der Waals surface area contributed by atoms with Crippen molar-refractivity contribution < 1.29 is 23.9 Å². The third-order valence-corrected chi connectivity index (χ3v) is 6.42. The number of carbonyl (C=O) groups is 3. The first-order valence-electron chi connectivity index (χ1n) is 9.05. The number of rotatable bonds is 7. The highest BCUT2D eigenvalue weighted by Crippen LogP contribution is 2.38. The van der Waals surface area contributed by atoms with Gasteiger partial charge < -0.3 is 9.47 Å². The summed E-state index contributed by atoms with van der Waals surface area (Å²) in [6.45, 7) is 1.94. The Morgan fingerprint density at radius 1 is 1.16 bits per heavy atom. The van der Waals surface area contributed by atoms with E-state index in [0.29, 0.717) is 30.2 Å². The normalized spacial score (nSPS) is 15.0. The third-order valence-electron chi connectivity index (χ3n) is 4.09. The molecule has 0 saturated carbocycles. The van der Waals surface area contributed by atoms with Gasteiger partial charge in [0.2, 0.25) is 0 Å². The Balaban J connectivity index is 1.75. The van der Waals surface area contributed by atoms with Gasteiger partial charge in [0, 0.05) is 5.02 Å². The van der Waals surface area contributed by atoms with E-state index in [0.717, 1.165) is 17.3 Å². The summed E-state index contributed by atoms with van der Waals surface area (Å²) < 4.78 is 11.5. The Bertz CT molecular complexity index is 1040. The Kier molecular flexibility index (Phi) is 8.21. The summed E-state index contributed by atoms with van der Waals surface area (Å²) in [5.74, 6) is -0.402. The lowest BCUT2D eigenvalue weighted by molar-refractivity contribution is -0.145. The first kappa shape index (κ1) is 23.8. The fraction of sp³-hybridized carbons (Fsp3) is 0.190. The van der Waals surface area contributed by atoms with Crippen LogP contribution >= 0.6 is 55.2 Å². The monoisotopic (exact) mass is 587 g/mol. The highest BCUT2D eigenvalue weighted by atomic mass is 79.9. The molecule has 0 bridgehead atoms. The number of ether oxygens (including phenoxy) is 2. The van der Waals surface area contributed by atoms with Crippen molar-refractivity contribution in [1.82, 2.24) is 4.90 Å². The number of halogens is 3. The van der Waals surface area contributed by atoms with Crippen LogP contribution in [0.4, 0.5) is 4.79 Å². The van der Waals surface area contributed by atoms with Gasteiger partial charge in [-0.25, -0.2) is 4.79 Å². The van der Waals surface area contributed by atoms with Gasteiger partial charge in [-0.15, -0.1) is 0 Å². The number of hydrogen-bond donors (Lipinski definition) is 0. The van der Waals surface area contributed by atoms with Crippen molar-refractivity contribution >= 4 is 78.4 Å². The molecule has 6 nitrogen and oxygen atoms in total. The van der Waals surface area contributed by atoms with Crippen LogP contribution in [0.15, 0.2) is 50.2 Å². The molecule has 2 amide bonds. The maximum absolute atomic E-state index is 12.8. The molecule has 0 spiro atoms. The van der Waals surface area contributed by atoms with Gasteiger partial charge in [0.1, 0.15) is 5.75 Å². The maximum atomic E-state index is 12.8. The van der Waals surface area contributed by atoms with Crippen molar-refractivity contribution in [1.29, 1.82) is 0 Å². The number of carbonyl (C=O) groups excluding carboxylic acids is 3. The Morgan fingerprint density at radius 3 is 2.42 bits per heavy atom. The number of esters is 1. The molecule has 1 aliphatic heterocycles. The number of thioether (sulfide) groups is 1. The summed E-state index contributed by atoms with van der Waals surface area (Å²) in [4.78, 5) is 38.1. The lowest BCUT2D eigenvalue weighted by Crippen LogP contribution is -2.27. The smallest absolute Gasteiger partial charge is 0.344 e. The molecule has 1 fully saturated rings. The van der Waals surface area contributed by atoms with E-state index in [1.54, 1.807) is 49.4 Å². The van der Waals surface area contributed by atoms with Crippen LogP contribution in [-0.4, -0.2) is 35.2 Å². The number of imide groups is 1. The van der Waals surface area contributed by atoms with Gasteiger partial charge in [0.15, 0.2) is 6.61 Å². The van der Waals surface area contributed by atoms with Gasteiger partial charge in [0.05, 0.1) is 27.0 Å². The SMILES string of the molecule is CCOC(=O)COc1c(Br)cc(/C=C2/SC(=O)N(Cc3ccc(Cl)cc3)C2=O)cc1Br. The van der Waals surface area contributed by atoms with Crippen molar-refractivity contribution in [3.8, 4) is 5.75 Å². The zero-order valence-electron chi connectivity index (χ0n) is 16.2. The first-order chi connectivity index (χ1) is 14.8. The molecule has 3 rings (SSSR count). The Morgan fingerprint density at radius 2 is 1.81 bits per heavy atom. The predicted molar refractivity (Wildman–Crippen MR) is 127 cm³/mol. The Labute approximate surface area is 205 Å². The molecule has 0 radical (unpaired) electrons. The van der Waals surface area contributed by atoms with Crippen LogP contribution in [0.3, 0.4) is 0 Å². The highest BCUT2D eigenvalue weighted by Gasteiger charge is 2.35. The summed E-state index contributed by atoms with van der Waals surface area (Å²) in [6.07, 6.45) is 1.64. The van der Waals surface area contributed by atoms with E-state index in [2.05, 4.69) is 31.9 Å². The maximum Gasteiger partial charge on any atom is 0.344 e. The molecule has 10 heteroatoms. The predicted octanol–water partition coefficient (Wildman–Crippen LogP) is 6.04. The zero-order valence-corrected chi connectivity index (χ0v) is 20.9. The van der Waals surface area contributed by atoms with E-state index >= 15 is 0 Å². The minimum atomic E-state index is -0.472. The molecule has 0 aliphatic carbocycles. The fourth-order valence-corrected chi connectivity index (χ4v) is 5.11. The second kappa shape index (κ2) is 10.7. The largest absolute Gasteiger partial charge is 0.480 e. The van der Waals surface area contributed by atoms with Gasteiger partial charge >= 0.3 is 5.97 Å². The minimum Gasteiger partial charge on any atom is -0.480 e. The van der Waals surface area contributed by atoms with Gasteiger partial charge in [-0.1, -0.05) is 23.7 Å². The van der Waals surface area contributed by atoms with Gasteiger partial charge in [-0.3, -0.25) is 14.5 Å². The van der Waals surface area contributed by atoms with Crippen LogP contribution in [0.1, 0.15) is 18.1 Å². The summed E-state index contributed by atoms with van der Waals surface area (Å²) in [7, 11) is 0. The van der Waals surface area contributed by atoms with Gasteiger partial charge in [0.25, 0.3) is 11.1 Å². The van der Waals surface area contributed by atoms with Crippen LogP contribution in [0.5, 0.6) is 5.75 Å². The van der Waals surface area contributed by atoms with Crippen LogP contribution in [0.25, 0.3) is 6.08 Å². The van der Waals surface area contributed by atoms with Gasteiger partial charge in [-0.2, -0.15) is 0 Å². The Hall–Kier alpha value is -1.81. The number of hydrogen-bond acceptors (Lipinski definition) is 6. The molecular formula is C21H16Br2ClNO5S. The molecule has 162 valence electrons. The standard InChI is InChI=1S/C21H16Br2ClNO5S/c1-2-29-18(26)11-30-19-15(22)7-13(8-16(19)23)9-17-20(27)25(21(28)31-17)10-12-3-5-14(24)6-4-12/h3-9H,2,10-11H2,1H3/b17-9+. The molecule has 0 unspecified atom stereocenters. The number of nitrogens with zero attached hydrogens (tertiary/aromatic N) is 1. The second-order valence-electron chi connectivity index (χ2n) is 6.30. The van der Waals surface area contributed by atoms with Crippen molar-refractivity contribution in [3.63, 3.8) is 0 Å². The lowest BCUT2D eigenvalue weighted by atomic mass is 10.2. The molecule has 1 aliphatic rings. The lowest BCUT2D eigenvalue weighted by Gasteiger charge is -2.12. The average Bonchev–Trinajstić information content (AvgIpc) is 2.96. The van der Waals surface area contributed by atoms with Crippen LogP contribution in [-0.2, 0) is 20.9 Å². The molecule has 1 heterocycles. The summed E-state index contributed by atoms with van der Waals surface area (Å²) in [5, 5.41) is 0.252. The molecule has 0 N–H and O–H groups in total. The molecule has 2 aromatic rings. The van der Waals surface area contributed by atoms with E-state index in [1.807, 2.05) is 0 Å². The highest BCUT2D eigenvalue weighted by molar-refractivity contribution is 9.11. The van der Waals surface area contributed by atoms with Crippen LogP contribution in [0, 0.1) is 0 Å². The van der Waals surface area contributed by atoms with E-state index in [-0.39, 0.29) is 30.9 Å². The van der Waals surface area contributed by atoms with Crippen molar-refractivity contribution in [3.05, 3.63) is 66.4 Å². The quantitative estimate of drug-likeness (QED) is 0.290. The summed E-state index contributed by atoms with van der Waals surface area (Å²) >= 11 is 13.6. The molecule has 1 saturated heterocycles. The first-order valence-corrected chi connectivity index (χ1v) is 11.8. The van der Waals surface area contributed by atoms with Gasteiger partial charge in [-0.05, 0) is 92.0 Å². The van der Waals surface area contributed by atoms with Crippen molar-refractivity contribution in [2.75, 3.05) is 13.2 Å². The number of amides is 2. The molecule has 2 aromatic carbocycles. The van der Waals surface area contributed by atoms with Crippen molar-refractivity contribution in [2.24, 2.45) is 0 Å². The fourth-order valence-electron chi connectivity index (χ4n) is 2.69. The van der Waals surface area contributed by atoms with Crippen LogP contribution in [0.2, 0.25) is 5.02 Å². The van der Waals surface area contributed by atoms with Crippen LogP contribution < -0.4 is 4.74 Å². The average molecular weight is 590 g/mol. The molecular weight excluding hydrogens is 574 g/mol. The van der Waals surface area contributed by atoms with E-state index in [1.165, 1.54) is 4.90 Å².